The molecule has 0 N–H and O–H groups in total. The molecule has 18 heavy (non-hydrogen) atoms. The summed E-state index contributed by atoms with van der Waals surface area (Å²) < 4.78 is 5.44. The molecule has 0 aromatic heterocycles. The number of hydrogen-bond acceptors (Lipinski definition) is 4. The van der Waals surface area contributed by atoms with E-state index < -0.39 is 0 Å². The first-order valence-corrected chi connectivity index (χ1v) is 7.43. The number of thioether (sulfide) groups is 1. The summed E-state index contributed by atoms with van der Waals surface area (Å²) in [5, 5.41) is 0. The van der Waals surface area contributed by atoms with Crippen molar-refractivity contribution < 1.29 is 9.53 Å². The van der Waals surface area contributed by atoms with Crippen LogP contribution in [0.2, 0.25) is 0 Å². The Morgan fingerprint density at radius 1 is 1.56 bits per heavy atom. The molecular formula is C14H19NO2S. The van der Waals surface area contributed by atoms with Gasteiger partial charge in [0, 0.05) is 23.6 Å². The number of hydrogen-bond donors (Lipinski definition) is 0. The molecule has 0 saturated carbocycles. The van der Waals surface area contributed by atoms with Crippen LogP contribution in [-0.2, 0) is 0 Å². The van der Waals surface area contributed by atoms with Crippen molar-refractivity contribution in [2.45, 2.75) is 13.0 Å². The highest BCUT2D eigenvalue weighted by molar-refractivity contribution is 7.99. The van der Waals surface area contributed by atoms with Crippen LogP contribution in [0.15, 0.2) is 24.3 Å². The molecule has 2 rings (SSSR count). The summed E-state index contributed by atoms with van der Waals surface area (Å²) in [4.78, 5) is 14.6. The zero-order valence-corrected chi connectivity index (χ0v) is 11.7. The van der Waals surface area contributed by atoms with Gasteiger partial charge in [0.1, 0.15) is 5.75 Å². The lowest BCUT2D eigenvalue weighted by atomic mass is 10.0. The molecule has 1 aliphatic heterocycles. The van der Waals surface area contributed by atoms with E-state index in [0.717, 1.165) is 29.4 Å². The van der Waals surface area contributed by atoms with Crippen molar-refractivity contribution in [3.8, 4) is 5.75 Å². The molecule has 98 valence electrons. The van der Waals surface area contributed by atoms with Crippen LogP contribution in [0, 0.1) is 0 Å². The SMILES string of the molecule is CCOc1cccc(C(=O)C2CSCCN2C)c1. The Bertz CT molecular complexity index is 422. The van der Waals surface area contributed by atoms with Crippen molar-refractivity contribution in [3.63, 3.8) is 0 Å². The number of ether oxygens (including phenoxy) is 1. The number of likely N-dealkylation sites (N-methyl/N-ethyl adjacent to an activating group) is 1. The maximum atomic E-state index is 12.5. The minimum atomic E-state index is 0.000580. The molecule has 1 aromatic carbocycles. The molecule has 0 radical (unpaired) electrons. The van der Waals surface area contributed by atoms with Crippen LogP contribution >= 0.6 is 11.8 Å². The quantitative estimate of drug-likeness (QED) is 0.781. The largest absolute Gasteiger partial charge is 0.494 e. The number of nitrogens with zero attached hydrogens (tertiary/aromatic N) is 1. The monoisotopic (exact) mass is 265 g/mol. The molecule has 0 amide bonds. The topological polar surface area (TPSA) is 29.5 Å². The average molecular weight is 265 g/mol. The maximum Gasteiger partial charge on any atom is 0.180 e. The summed E-state index contributed by atoms with van der Waals surface area (Å²) in [6.07, 6.45) is 0. The van der Waals surface area contributed by atoms with Crippen LogP contribution in [0.3, 0.4) is 0 Å². The Hall–Kier alpha value is -1.00. The van der Waals surface area contributed by atoms with E-state index in [1.165, 1.54) is 0 Å². The van der Waals surface area contributed by atoms with E-state index >= 15 is 0 Å². The Balaban J connectivity index is 2.14. The van der Waals surface area contributed by atoms with Gasteiger partial charge < -0.3 is 4.74 Å². The average Bonchev–Trinajstić information content (AvgIpc) is 2.39. The number of carbonyl (C=O) groups excluding carboxylic acids is 1. The van der Waals surface area contributed by atoms with Gasteiger partial charge in [-0.3, -0.25) is 9.69 Å². The maximum absolute atomic E-state index is 12.5. The van der Waals surface area contributed by atoms with Gasteiger partial charge in [0.2, 0.25) is 0 Å². The second-order valence-corrected chi connectivity index (χ2v) is 5.55. The Morgan fingerprint density at radius 3 is 3.11 bits per heavy atom. The molecule has 1 aliphatic rings. The second kappa shape index (κ2) is 6.25. The first-order valence-electron chi connectivity index (χ1n) is 6.27. The standard InChI is InChI=1S/C14H19NO2S/c1-3-17-12-6-4-5-11(9-12)14(16)13-10-18-8-7-15(13)2/h4-6,9,13H,3,7-8,10H2,1-2H3. The van der Waals surface area contributed by atoms with E-state index in [9.17, 15) is 4.79 Å². The van der Waals surface area contributed by atoms with Crippen LogP contribution in [0.25, 0.3) is 0 Å². The fraction of sp³-hybridized carbons (Fsp3) is 0.500. The minimum absolute atomic E-state index is 0.000580. The Kier molecular flexibility index (Phi) is 4.66. The highest BCUT2D eigenvalue weighted by atomic mass is 32.2. The summed E-state index contributed by atoms with van der Waals surface area (Å²) in [5.74, 6) is 2.97. The predicted octanol–water partition coefficient (Wildman–Crippen LogP) is 2.32. The molecule has 1 heterocycles. The van der Waals surface area contributed by atoms with E-state index in [0.29, 0.717) is 6.61 Å². The minimum Gasteiger partial charge on any atom is -0.494 e. The Morgan fingerprint density at radius 2 is 2.39 bits per heavy atom. The lowest BCUT2D eigenvalue weighted by Gasteiger charge is -2.30. The normalized spacial score (nSPS) is 20.7. The third kappa shape index (κ3) is 3.06. The van der Waals surface area contributed by atoms with Crippen LogP contribution in [0.1, 0.15) is 17.3 Å². The number of Topliss-reactive ketones (excluding diaryl/α,β-unsaturated/α-hetero) is 1. The molecule has 1 aromatic rings. The molecule has 0 bridgehead atoms. The molecule has 4 heteroatoms. The van der Waals surface area contributed by atoms with E-state index in [4.69, 9.17) is 4.74 Å². The van der Waals surface area contributed by atoms with Gasteiger partial charge in [0.05, 0.1) is 12.6 Å². The first-order chi connectivity index (χ1) is 8.72. The third-order valence-corrected chi connectivity index (χ3v) is 4.15. The van der Waals surface area contributed by atoms with Gasteiger partial charge in [-0.25, -0.2) is 0 Å². The lowest BCUT2D eigenvalue weighted by Crippen LogP contribution is -2.44. The number of benzene rings is 1. The van der Waals surface area contributed by atoms with Crippen LogP contribution < -0.4 is 4.74 Å². The second-order valence-electron chi connectivity index (χ2n) is 4.40. The zero-order chi connectivity index (χ0) is 13.0. The molecule has 3 nitrogen and oxygen atoms in total. The lowest BCUT2D eigenvalue weighted by molar-refractivity contribution is 0.0874. The summed E-state index contributed by atoms with van der Waals surface area (Å²) in [6, 6.07) is 7.49. The van der Waals surface area contributed by atoms with Crippen molar-refractivity contribution in [1.29, 1.82) is 0 Å². The van der Waals surface area contributed by atoms with Crippen molar-refractivity contribution in [1.82, 2.24) is 4.90 Å². The van der Waals surface area contributed by atoms with E-state index in [1.807, 2.05) is 50.0 Å². The van der Waals surface area contributed by atoms with Gasteiger partial charge in [0.25, 0.3) is 0 Å². The van der Waals surface area contributed by atoms with Crippen molar-refractivity contribution in [2.24, 2.45) is 0 Å². The summed E-state index contributed by atoms with van der Waals surface area (Å²) in [7, 11) is 2.02. The molecule has 1 unspecified atom stereocenters. The van der Waals surface area contributed by atoms with Crippen molar-refractivity contribution in [3.05, 3.63) is 29.8 Å². The van der Waals surface area contributed by atoms with Gasteiger partial charge in [-0.15, -0.1) is 0 Å². The van der Waals surface area contributed by atoms with Gasteiger partial charge in [0.15, 0.2) is 5.78 Å². The number of rotatable bonds is 4. The summed E-state index contributed by atoms with van der Waals surface area (Å²) >= 11 is 1.85. The van der Waals surface area contributed by atoms with Gasteiger partial charge >= 0.3 is 0 Å². The third-order valence-electron chi connectivity index (χ3n) is 3.13. The molecule has 1 atom stereocenters. The highest BCUT2D eigenvalue weighted by Gasteiger charge is 2.27. The predicted molar refractivity (Wildman–Crippen MR) is 75.7 cm³/mol. The fourth-order valence-electron chi connectivity index (χ4n) is 2.06. The van der Waals surface area contributed by atoms with Gasteiger partial charge in [-0.1, -0.05) is 12.1 Å². The van der Waals surface area contributed by atoms with E-state index in [2.05, 4.69) is 4.90 Å². The molecule has 0 spiro atoms. The summed E-state index contributed by atoms with van der Waals surface area (Å²) in [6.45, 7) is 3.54. The molecule has 1 saturated heterocycles. The number of ketones is 1. The van der Waals surface area contributed by atoms with Gasteiger partial charge in [-0.2, -0.15) is 11.8 Å². The van der Waals surface area contributed by atoms with Crippen LogP contribution in [0.5, 0.6) is 5.75 Å². The molecule has 0 aliphatic carbocycles. The van der Waals surface area contributed by atoms with E-state index in [-0.39, 0.29) is 11.8 Å². The fourth-order valence-corrected chi connectivity index (χ4v) is 3.27. The summed E-state index contributed by atoms with van der Waals surface area (Å²) in [5.41, 5.74) is 0.750. The first kappa shape index (κ1) is 13.4. The van der Waals surface area contributed by atoms with Gasteiger partial charge in [-0.05, 0) is 26.1 Å². The van der Waals surface area contributed by atoms with E-state index in [1.54, 1.807) is 0 Å². The van der Waals surface area contributed by atoms with Crippen molar-refractivity contribution in [2.75, 3.05) is 31.7 Å². The van der Waals surface area contributed by atoms with Crippen LogP contribution in [0.4, 0.5) is 0 Å². The molecular weight excluding hydrogens is 246 g/mol. The molecule has 1 fully saturated rings. The number of carbonyl (C=O) groups is 1. The van der Waals surface area contributed by atoms with Crippen LogP contribution in [-0.4, -0.2) is 48.4 Å². The Labute approximate surface area is 113 Å². The van der Waals surface area contributed by atoms with Crippen molar-refractivity contribution >= 4 is 17.5 Å². The highest BCUT2D eigenvalue weighted by Crippen LogP contribution is 2.21. The smallest absolute Gasteiger partial charge is 0.180 e. The zero-order valence-electron chi connectivity index (χ0n) is 10.9.